The summed E-state index contributed by atoms with van der Waals surface area (Å²) in [6.45, 7) is 2.31. The lowest BCUT2D eigenvalue weighted by Gasteiger charge is -2.17. The summed E-state index contributed by atoms with van der Waals surface area (Å²) in [5.74, 6) is 0.256. The van der Waals surface area contributed by atoms with Crippen LogP contribution in [0.1, 0.15) is 12.0 Å². The Balaban J connectivity index is 2.52. The first kappa shape index (κ1) is 13.3. The van der Waals surface area contributed by atoms with E-state index in [1.807, 2.05) is 7.05 Å². The largest absolute Gasteiger partial charge is 0.508 e. The van der Waals surface area contributed by atoms with Crippen LogP contribution in [0.2, 0.25) is 5.02 Å². The number of aromatic hydroxyl groups is 1. The molecule has 0 saturated heterocycles. The average molecular weight is 244 g/mol. The maximum atomic E-state index is 9.68. The zero-order valence-corrected chi connectivity index (χ0v) is 10.5. The first-order valence-corrected chi connectivity index (χ1v) is 5.66. The second-order valence-corrected chi connectivity index (χ2v) is 4.23. The number of methoxy groups -OCH3 is 1. The highest BCUT2D eigenvalue weighted by molar-refractivity contribution is 6.31. The van der Waals surface area contributed by atoms with Crippen molar-refractivity contribution in [3.8, 4) is 5.75 Å². The molecule has 0 amide bonds. The first-order valence-electron chi connectivity index (χ1n) is 5.29. The van der Waals surface area contributed by atoms with E-state index in [9.17, 15) is 5.11 Å². The van der Waals surface area contributed by atoms with E-state index in [4.69, 9.17) is 16.3 Å². The van der Waals surface area contributed by atoms with Gasteiger partial charge < -0.3 is 14.7 Å². The normalized spacial score (nSPS) is 11.0. The SMILES string of the molecule is COCCCN(C)Cc1c(O)cccc1Cl. The van der Waals surface area contributed by atoms with Crippen molar-refractivity contribution in [2.45, 2.75) is 13.0 Å². The molecule has 1 N–H and O–H groups in total. The van der Waals surface area contributed by atoms with Gasteiger partial charge in [-0.3, -0.25) is 0 Å². The molecule has 0 saturated carbocycles. The molecule has 0 unspecified atom stereocenters. The molecule has 0 aliphatic rings. The third-order valence-corrected chi connectivity index (χ3v) is 2.76. The van der Waals surface area contributed by atoms with E-state index in [0.717, 1.165) is 25.1 Å². The molecule has 3 nitrogen and oxygen atoms in total. The van der Waals surface area contributed by atoms with E-state index < -0.39 is 0 Å². The van der Waals surface area contributed by atoms with E-state index in [1.165, 1.54) is 0 Å². The quantitative estimate of drug-likeness (QED) is 0.780. The fraction of sp³-hybridized carbons (Fsp3) is 0.500. The number of phenols is 1. The Morgan fingerprint density at radius 2 is 2.19 bits per heavy atom. The van der Waals surface area contributed by atoms with Crippen LogP contribution in [0, 0.1) is 0 Å². The lowest BCUT2D eigenvalue weighted by molar-refractivity contribution is 0.178. The van der Waals surface area contributed by atoms with Crippen molar-refractivity contribution in [2.75, 3.05) is 27.3 Å². The smallest absolute Gasteiger partial charge is 0.121 e. The molecular formula is C12H18ClNO2. The average Bonchev–Trinajstić information content (AvgIpc) is 2.24. The molecule has 0 heterocycles. The maximum Gasteiger partial charge on any atom is 0.121 e. The lowest BCUT2D eigenvalue weighted by Crippen LogP contribution is -2.20. The van der Waals surface area contributed by atoms with Crippen LogP contribution in [0.4, 0.5) is 0 Å². The summed E-state index contributed by atoms with van der Waals surface area (Å²) in [5, 5.41) is 10.3. The lowest BCUT2D eigenvalue weighted by atomic mass is 10.2. The zero-order valence-electron chi connectivity index (χ0n) is 9.74. The van der Waals surface area contributed by atoms with E-state index in [-0.39, 0.29) is 5.75 Å². The molecule has 0 aliphatic carbocycles. The molecule has 0 fully saturated rings. The van der Waals surface area contributed by atoms with Gasteiger partial charge in [-0.25, -0.2) is 0 Å². The van der Waals surface area contributed by atoms with Gasteiger partial charge in [0.25, 0.3) is 0 Å². The molecule has 0 spiro atoms. The standard InChI is InChI=1S/C12H18ClNO2/c1-14(7-4-8-16-2)9-10-11(13)5-3-6-12(10)15/h3,5-6,15H,4,7-9H2,1-2H3. The van der Waals surface area contributed by atoms with Gasteiger partial charge in [-0.2, -0.15) is 0 Å². The molecule has 4 heteroatoms. The van der Waals surface area contributed by atoms with E-state index in [2.05, 4.69) is 4.90 Å². The number of nitrogens with zero attached hydrogens (tertiary/aromatic N) is 1. The molecule has 1 aromatic rings. The molecule has 0 aromatic heterocycles. The topological polar surface area (TPSA) is 32.7 Å². The Hall–Kier alpha value is -0.770. The summed E-state index contributed by atoms with van der Waals surface area (Å²) >= 11 is 6.02. The number of rotatable bonds is 6. The van der Waals surface area contributed by atoms with Gasteiger partial charge in [-0.05, 0) is 25.6 Å². The molecule has 0 radical (unpaired) electrons. The summed E-state index contributed by atoms with van der Waals surface area (Å²) in [5.41, 5.74) is 0.782. The minimum absolute atomic E-state index is 0.256. The third-order valence-electron chi connectivity index (χ3n) is 2.41. The van der Waals surface area contributed by atoms with Crippen molar-refractivity contribution >= 4 is 11.6 Å². The van der Waals surface area contributed by atoms with Gasteiger partial charge in [0, 0.05) is 37.4 Å². The van der Waals surface area contributed by atoms with Crippen molar-refractivity contribution < 1.29 is 9.84 Å². The number of benzene rings is 1. The molecular weight excluding hydrogens is 226 g/mol. The van der Waals surface area contributed by atoms with Crippen molar-refractivity contribution in [3.63, 3.8) is 0 Å². The van der Waals surface area contributed by atoms with Gasteiger partial charge in [0.15, 0.2) is 0 Å². The maximum absolute atomic E-state index is 9.68. The second kappa shape index (κ2) is 6.74. The Labute approximate surface area is 102 Å². The highest BCUT2D eigenvalue weighted by Crippen LogP contribution is 2.26. The fourth-order valence-corrected chi connectivity index (χ4v) is 1.76. The highest BCUT2D eigenvalue weighted by atomic mass is 35.5. The minimum Gasteiger partial charge on any atom is -0.508 e. The van der Waals surface area contributed by atoms with Crippen molar-refractivity contribution in [2.24, 2.45) is 0 Å². The molecule has 0 aliphatic heterocycles. The summed E-state index contributed by atoms with van der Waals surface area (Å²) in [7, 11) is 3.69. The van der Waals surface area contributed by atoms with E-state index in [0.29, 0.717) is 11.6 Å². The Morgan fingerprint density at radius 1 is 1.44 bits per heavy atom. The van der Waals surface area contributed by atoms with Crippen molar-refractivity contribution in [3.05, 3.63) is 28.8 Å². The molecule has 0 bridgehead atoms. The number of hydrogen-bond donors (Lipinski definition) is 1. The summed E-state index contributed by atoms with van der Waals surface area (Å²) in [4.78, 5) is 2.11. The van der Waals surface area contributed by atoms with Crippen LogP contribution in [0.3, 0.4) is 0 Å². The van der Waals surface area contributed by atoms with Crippen LogP contribution in [0.15, 0.2) is 18.2 Å². The fourth-order valence-electron chi connectivity index (χ4n) is 1.53. The van der Waals surface area contributed by atoms with Crippen LogP contribution in [0.5, 0.6) is 5.75 Å². The minimum atomic E-state index is 0.256. The predicted molar refractivity (Wildman–Crippen MR) is 65.9 cm³/mol. The van der Waals surface area contributed by atoms with Crippen LogP contribution < -0.4 is 0 Å². The molecule has 0 atom stereocenters. The van der Waals surface area contributed by atoms with Gasteiger partial charge >= 0.3 is 0 Å². The number of hydrogen-bond acceptors (Lipinski definition) is 3. The monoisotopic (exact) mass is 243 g/mol. The second-order valence-electron chi connectivity index (χ2n) is 3.82. The first-order chi connectivity index (χ1) is 7.65. The molecule has 1 aromatic carbocycles. The van der Waals surface area contributed by atoms with Crippen molar-refractivity contribution in [1.29, 1.82) is 0 Å². The van der Waals surface area contributed by atoms with Gasteiger partial charge in [0.1, 0.15) is 5.75 Å². The van der Waals surface area contributed by atoms with E-state index in [1.54, 1.807) is 25.3 Å². The van der Waals surface area contributed by atoms with Gasteiger partial charge in [0.2, 0.25) is 0 Å². The molecule has 90 valence electrons. The van der Waals surface area contributed by atoms with Crippen LogP contribution in [-0.2, 0) is 11.3 Å². The van der Waals surface area contributed by atoms with Gasteiger partial charge in [-0.1, -0.05) is 17.7 Å². The van der Waals surface area contributed by atoms with Crippen molar-refractivity contribution in [1.82, 2.24) is 4.90 Å². The van der Waals surface area contributed by atoms with E-state index >= 15 is 0 Å². The van der Waals surface area contributed by atoms with Crippen LogP contribution in [0.25, 0.3) is 0 Å². The third kappa shape index (κ3) is 4.00. The van der Waals surface area contributed by atoms with Gasteiger partial charge in [0.05, 0.1) is 0 Å². The summed E-state index contributed by atoms with van der Waals surface area (Å²) in [6.07, 6.45) is 0.970. The van der Waals surface area contributed by atoms with Gasteiger partial charge in [-0.15, -0.1) is 0 Å². The number of halogens is 1. The summed E-state index contributed by atoms with van der Waals surface area (Å²) in [6, 6.07) is 5.19. The number of ether oxygens (including phenoxy) is 1. The van der Waals surface area contributed by atoms with Crippen LogP contribution in [-0.4, -0.2) is 37.3 Å². The van der Waals surface area contributed by atoms with Crippen LogP contribution >= 0.6 is 11.6 Å². The Kier molecular flexibility index (Phi) is 5.60. The summed E-state index contributed by atoms with van der Waals surface area (Å²) < 4.78 is 4.99. The Bertz CT molecular complexity index is 311. The molecule has 1 rings (SSSR count). The molecule has 16 heavy (non-hydrogen) atoms. The Morgan fingerprint density at radius 3 is 2.81 bits per heavy atom. The number of phenolic OH excluding ortho intramolecular Hbond substituents is 1. The predicted octanol–water partition coefficient (Wildman–Crippen LogP) is 2.51. The highest BCUT2D eigenvalue weighted by Gasteiger charge is 2.08. The zero-order chi connectivity index (χ0) is 12.0.